The zero-order valence-corrected chi connectivity index (χ0v) is 36.7. The smallest absolute Gasteiger partial charge is 0.349 e. The Hall–Kier alpha value is -6.00. The van der Waals surface area contributed by atoms with E-state index in [0.717, 1.165) is 74.1 Å². The normalized spacial score (nSPS) is 15.9. The fourth-order valence-corrected chi connectivity index (χ4v) is 10.9. The average molecular weight is 956 g/mol. The molecular weight excluding hydrogens is 915 g/mol. The van der Waals surface area contributed by atoms with Gasteiger partial charge in [-0.1, -0.05) is 48.4 Å². The van der Waals surface area contributed by atoms with E-state index in [2.05, 4.69) is 15.3 Å². The standard InChI is InChI=1S/C25H22F2N4O4S2.C19H19F2NO5S/c26-17-8-11-21(19(27)15-17)35-22(23(32)30-25-29-20-5-4-12-28-24(20)36-25)16-6-9-18(10-7-16)37(33,34)31-13-2-1-3-14-31;20-14-6-9-17(16(21)12-14)27-18(19(23)24)13-4-7-15(8-5-13)28(25,26)22-10-2-1-3-11-22/h4-12,15,22H,1-3,13-14H2,(H,29,30,32);4-9,12,18H,1-3,10-11H2,(H,23,24). The van der Waals surface area contributed by atoms with Crippen LogP contribution in [0.4, 0.5) is 22.7 Å². The first-order chi connectivity index (χ1) is 31.1. The number of sulfonamides is 2. The largest absolute Gasteiger partial charge is 0.478 e. The van der Waals surface area contributed by atoms with Gasteiger partial charge in [0.25, 0.3) is 5.91 Å². The monoisotopic (exact) mass is 955 g/mol. The van der Waals surface area contributed by atoms with Gasteiger partial charge in [0.15, 0.2) is 28.3 Å². The first-order valence-electron chi connectivity index (χ1n) is 20.3. The minimum atomic E-state index is -3.68. The number of thiazole rings is 1. The third-order valence-electron chi connectivity index (χ3n) is 10.4. The summed E-state index contributed by atoms with van der Waals surface area (Å²) in [6.45, 7) is 1.82. The summed E-state index contributed by atoms with van der Waals surface area (Å²) in [5, 5.41) is 12.3. The molecule has 65 heavy (non-hydrogen) atoms. The number of carboxylic acids is 1. The van der Waals surface area contributed by atoms with Crippen molar-refractivity contribution >= 4 is 58.7 Å². The highest BCUT2D eigenvalue weighted by Crippen LogP contribution is 2.31. The van der Waals surface area contributed by atoms with Crippen molar-refractivity contribution in [2.45, 2.75) is 60.5 Å². The molecule has 2 fully saturated rings. The molecular formula is C44H41F4N5O9S3. The van der Waals surface area contributed by atoms with Gasteiger partial charge >= 0.3 is 5.97 Å². The van der Waals surface area contributed by atoms with Crippen molar-refractivity contribution < 1.29 is 58.6 Å². The van der Waals surface area contributed by atoms with E-state index >= 15 is 0 Å². The number of benzene rings is 4. The number of carbonyl (C=O) groups excluding carboxylic acids is 1. The lowest BCUT2D eigenvalue weighted by Gasteiger charge is -2.26. The van der Waals surface area contributed by atoms with E-state index in [9.17, 15) is 49.1 Å². The van der Waals surface area contributed by atoms with Crippen LogP contribution in [0.25, 0.3) is 10.3 Å². The van der Waals surface area contributed by atoms with E-state index in [1.54, 1.807) is 18.3 Å². The Bertz CT molecular complexity index is 2850. The molecule has 2 aliphatic heterocycles. The van der Waals surface area contributed by atoms with Crippen molar-refractivity contribution in [1.29, 1.82) is 0 Å². The SMILES string of the molecule is O=C(Nc1nc2cccnc2s1)C(Oc1ccc(F)cc1F)c1ccc(S(=O)(=O)N2CCCCC2)cc1.O=C(O)C(Oc1ccc(F)cc1F)c1ccc(S(=O)(=O)N2CCCCC2)cc1. The van der Waals surface area contributed by atoms with Gasteiger partial charge in [-0.3, -0.25) is 10.1 Å². The Labute approximate surface area is 375 Å². The number of nitrogens with zero attached hydrogens (tertiary/aromatic N) is 4. The Morgan fingerprint density at radius 1 is 0.646 bits per heavy atom. The number of aromatic nitrogens is 2. The number of rotatable bonds is 13. The summed E-state index contributed by atoms with van der Waals surface area (Å²) in [5.41, 5.74) is 1.00. The molecule has 0 bridgehead atoms. The lowest BCUT2D eigenvalue weighted by molar-refractivity contribution is -0.145. The number of amides is 1. The lowest BCUT2D eigenvalue weighted by atomic mass is 10.1. The maximum Gasteiger partial charge on any atom is 0.349 e. The van der Waals surface area contributed by atoms with Gasteiger partial charge in [-0.25, -0.2) is 49.2 Å². The summed E-state index contributed by atoms with van der Waals surface area (Å²) in [5.74, 6) is -6.44. The summed E-state index contributed by atoms with van der Waals surface area (Å²) >= 11 is 1.15. The summed E-state index contributed by atoms with van der Waals surface area (Å²) < 4.78 is 120. The summed E-state index contributed by atoms with van der Waals surface area (Å²) in [4.78, 5) is 34.1. The molecule has 2 aromatic heterocycles. The van der Waals surface area contributed by atoms with Crippen LogP contribution < -0.4 is 14.8 Å². The minimum absolute atomic E-state index is 0.0512. The van der Waals surface area contributed by atoms with Gasteiger partial charge in [-0.15, -0.1) is 0 Å². The number of carbonyl (C=O) groups is 2. The summed E-state index contributed by atoms with van der Waals surface area (Å²) in [6.07, 6.45) is 3.83. The van der Waals surface area contributed by atoms with Crippen LogP contribution in [0, 0.1) is 23.3 Å². The molecule has 0 spiro atoms. The molecule has 2 aliphatic rings. The highest BCUT2D eigenvalue weighted by Gasteiger charge is 2.30. The number of ether oxygens (including phenoxy) is 2. The number of piperidine rings is 2. The quantitative estimate of drug-likeness (QED) is 0.106. The Balaban J connectivity index is 0.000000202. The number of carboxylic acid groups (broad SMARTS) is 1. The number of nitrogens with one attached hydrogen (secondary N) is 1. The van der Waals surface area contributed by atoms with Crippen LogP contribution in [-0.2, 0) is 29.6 Å². The number of hydrogen-bond donors (Lipinski definition) is 2. The number of aliphatic carboxylic acids is 1. The van der Waals surface area contributed by atoms with E-state index in [4.69, 9.17) is 9.47 Å². The Morgan fingerprint density at radius 2 is 1.11 bits per heavy atom. The van der Waals surface area contributed by atoms with Crippen molar-refractivity contribution in [3.63, 3.8) is 0 Å². The summed E-state index contributed by atoms with van der Waals surface area (Å²) in [6, 6.07) is 19.7. The van der Waals surface area contributed by atoms with Crippen LogP contribution in [0.1, 0.15) is 61.9 Å². The summed E-state index contributed by atoms with van der Waals surface area (Å²) in [7, 11) is -7.34. The second-order valence-electron chi connectivity index (χ2n) is 14.9. The van der Waals surface area contributed by atoms with E-state index < -0.39 is 73.1 Å². The predicted octanol–water partition coefficient (Wildman–Crippen LogP) is 8.25. The number of hydrogen-bond acceptors (Lipinski definition) is 11. The van der Waals surface area contributed by atoms with Crippen molar-refractivity contribution in [3.05, 3.63) is 138 Å². The van der Waals surface area contributed by atoms with Crippen molar-refractivity contribution in [1.82, 2.24) is 18.6 Å². The number of halogens is 4. The van der Waals surface area contributed by atoms with Crippen molar-refractivity contribution in [2.75, 3.05) is 31.5 Å². The van der Waals surface area contributed by atoms with Gasteiger partial charge in [0.05, 0.1) is 9.79 Å². The fourth-order valence-electron chi connectivity index (χ4n) is 7.06. The highest BCUT2D eigenvalue weighted by molar-refractivity contribution is 7.89. The zero-order valence-electron chi connectivity index (χ0n) is 34.3. The molecule has 1 amide bonds. The van der Waals surface area contributed by atoms with E-state index in [1.807, 2.05) is 0 Å². The Morgan fingerprint density at radius 3 is 1.55 bits per heavy atom. The Kier molecular flexibility index (Phi) is 14.8. The molecule has 4 aromatic carbocycles. The fraction of sp³-hybridized carbons (Fsp3) is 0.273. The highest BCUT2D eigenvalue weighted by atomic mass is 32.2. The number of anilines is 1. The molecule has 2 atom stereocenters. The molecule has 0 saturated carbocycles. The van der Waals surface area contributed by atoms with E-state index in [0.29, 0.717) is 48.7 Å². The van der Waals surface area contributed by atoms with Gasteiger partial charge in [0.1, 0.15) is 22.0 Å². The van der Waals surface area contributed by atoms with Crippen molar-refractivity contribution in [3.8, 4) is 11.5 Å². The second-order valence-corrected chi connectivity index (χ2v) is 19.7. The van der Waals surface area contributed by atoms with Crippen molar-refractivity contribution in [2.24, 2.45) is 0 Å². The second kappa shape index (κ2) is 20.4. The average Bonchev–Trinajstić information content (AvgIpc) is 3.71. The number of fused-ring (bicyclic) bond motifs is 1. The van der Waals surface area contributed by atoms with Crippen LogP contribution in [0.2, 0.25) is 0 Å². The van der Waals surface area contributed by atoms with Crippen LogP contribution in [0.5, 0.6) is 11.5 Å². The lowest BCUT2D eigenvalue weighted by Crippen LogP contribution is -2.35. The third kappa shape index (κ3) is 11.3. The predicted molar refractivity (Wildman–Crippen MR) is 231 cm³/mol. The molecule has 8 rings (SSSR count). The molecule has 342 valence electrons. The molecule has 2 N–H and O–H groups in total. The molecule has 0 aliphatic carbocycles. The minimum Gasteiger partial charge on any atom is -0.478 e. The maximum atomic E-state index is 14.4. The van der Waals surface area contributed by atoms with Crippen LogP contribution >= 0.6 is 11.3 Å². The molecule has 4 heterocycles. The molecule has 21 heteroatoms. The topological polar surface area (TPSA) is 185 Å². The van der Waals surface area contributed by atoms with Gasteiger partial charge < -0.3 is 14.6 Å². The van der Waals surface area contributed by atoms with Gasteiger partial charge in [-0.2, -0.15) is 8.61 Å². The molecule has 6 aromatic rings. The van der Waals surface area contributed by atoms with E-state index in [1.165, 1.54) is 57.1 Å². The molecule has 2 saturated heterocycles. The van der Waals surface area contributed by atoms with E-state index in [-0.39, 0.29) is 31.8 Å². The van der Waals surface area contributed by atoms with Gasteiger partial charge in [-0.05, 0) is 86.3 Å². The van der Waals surface area contributed by atoms with Crippen LogP contribution in [0.15, 0.2) is 113 Å². The van der Waals surface area contributed by atoms with Gasteiger partial charge in [0, 0.05) is 55.6 Å². The first-order valence-corrected chi connectivity index (χ1v) is 24.0. The van der Waals surface area contributed by atoms with Crippen LogP contribution in [-0.4, -0.2) is 78.6 Å². The number of pyridine rings is 1. The molecule has 14 nitrogen and oxygen atoms in total. The zero-order chi connectivity index (χ0) is 46.3. The van der Waals surface area contributed by atoms with Crippen LogP contribution in [0.3, 0.4) is 0 Å². The molecule has 2 unspecified atom stereocenters. The first kappa shape index (κ1) is 47.0. The van der Waals surface area contributed by atoms with Gasteiger partial charge in [0.2, 0.25) is 32.3 Å². The maximum absolute atomic E-state index is 14.4. The molecule has 0 radical (unpaired) electrons. The third-order valence-corrected chi connectivity index (χ3v) is 15.1.